The molecule has 1 atom stereocenters. The van der Waals surface area contributed by atoms with Crippen molar-refractivity contribution in [3.8, 4) is 11.1 Å². The number of nitrogens with zero attached hydrogens (tertiary/aromatic N) is 1. The zero-order chi connectivity index (χ0) is 18.4. The Kier molecular flexibility index (Phi) is 4.03. The van der Waals surface area contributed by atoms with Gasteiger partial charge in [0.15, 0.2) is 0 Å². The number of carbonyl (C=O) groups is 1. The lowest BCUT2D eigenvalue weighted by Crippen LogP contribution is -2.41. The Balaban J connectivity index is 1.95. The van der Waals surface area contributed by atoms with Crippen LogP contribution in [-0.4, -0.2) is 15.5 Å². The van der Waals surface area contributed by atoms with Gasteiger partial charge in [-0.25, -0.2) is 9.36 Å². The highest BCUT2D eigenvalue weighted by Crippen LogP contribution is 2.33. The quantitative estimate of drug-likeness (QED) is 0.741. The number of thiophene rings is 1. The van der Waals surface area contributed by atoms with Crippen LogP contribution in [-0.2, 0) is 17.6 Å². The average molecular weight is 369 g/mol. The number of nitrogens with one attached hydrogen (secondary N) is 1. The predicted octanol–water partition coefficient (Wildman–Crippen LogP) is 2.34. The van der Waals surface area contributed by atoms with Gasteiger partial charge in [-0.15, -0.1) is 11.3 Å². The minimum absolute atomic E-state index is 0.429. The number of carbonyl (C=O) groups excluding carboxylic acids is 1. The van der Waals surface area contributed by atoms with E-state index in [1.807, 2.05) is 11.4 Å². The third kappa shape index (κ3) is 2.59. The third-order valence-corrected chi connectivity index (χ3v) is 6.02. The number of aromatic nitrogens is 2. The molecule has 0 spiro atoms. The molecule has 26 heavy (non-hydrogen) atoms. The normalized spacial score (nSPS) is 15.0. The molecule has 1 unspecified atom stereocenters. The lowest BCUT2D eigenvalue weighted by Gasteiger charge is -2.16. The van der Waals surface area contributed by atoms with E-state index in [0.29, 0.717) is 10.2 Å². The van der Waals surface area contributed by atoms with Crippen molar-refractivity contribution in [3.05, 3.63) is 55.5 Å². The number of hydrogen-bond acceptors (Lipinski definition) is 4. The Morgan fingerprint density at radius 3 is 2.69 bits per heavy atom. The van der Waals surface area contributed by atoms with Gasteiger partial charge < -0.3 is 5.73 Å². The summed E-state index contributed by atoms with van der Waals surface area (Å²) < 4.78 is 0.902. The Bertz CT molecular complexity index is 1140. The van der Waals surface area contributed by atoms with Crippen molar-refractivity contribution in [3.63, 3.8) is 0 Å². The fourth-order valence-electron chi connectivity index (χ4n) is 3.62. The summed E-state index contributed by atoms with van der Waals surface area (Å²) in [6.45, 7) is 1.45. The van der Waals surface area contributed by atoms with Gasteiger partial charge in [-0.1, -0.05) is 18.2 Å². The smallest absolute Gasteiger partial charge is 0.330 e. The van der Waals surface area contributed by atoms with Gasteiger partial charge in [0.25, 0.3) is 5.56 Å². The van der Waals surface area contributed by atoms with E-state index in [4.69, 9.17) is 5.73 Å². The van der Waals surface area contributed by atoms with Crippen molar-refractivity contribution in [2.45, 2.75) is 38.6 Å². The Morgan fingerprint density at radius 2 is 1.96 bits per heavy atom. The molecule has 1 amide bonds. The summed E-state index contributed by atoms with van der Waals surface area (Å²) in [4.78, 5) is 40.0. The summed E-state index contributed by atoms with van der Waals surface area (Å²) in [7, 11) is 0. The van der Waals surface area contributed by atoms with Gasteiger partial charge in [-0.05, 0) is 49.3 Å². The molecule has 0 aliphatic heterocycles. The van der Waals surface area contributed by atoms with Gasteiger partial charge in [-0.3, -0.25) is 14.6 Å². The number of primary amides is 1. The van der Waals surface area contributed by atoms with Crippen LogP contribution in [0, 0.1) is 0 Å². The third-order valence-electron chi connectivity index (χ3n) is 5.12. The number of aryl methyl sites for hydroxylation is 2. The van der Waals surface area contributed by atoms with Gasteiger partial charge in [0.2, 0.25) is 5.91 Å². The SMILES string of the molecule is CC(C(N)=O)n1c(=O)[nH]c2scc(-c3ccc4c(c3)CCCC4)c2c1=O. The molecular formula is C19H19N3O3S. The number of hydrogen-bond donors (Lipinski definition) is 2. The maximum atomic E-state index is 13.0. The first kappa shape index (κ1) is 16.8. The van der Waals surface area contributed by atoms with Crippen molar-refractivity contribution < 1.29 is 4.79 Å². The number of aromatic amines is 1. The summed E-state index contributed by atoms with van der Waals surface area (Å²) in [6, 6.07) is 5.29. The van der Waals surface area contributed by atoms with E-state index in [2.05, 4.69) is 17.1 Å². The maximum Gasteiger partial charge on any atom is 0.330 e. The number of fused-ring (bicyclic) bond motifs is 2. The minimum atomic E-state index is -1.01. The highest BCUT2D eigenvalue weighted by molar-refractivity contribution is 7.17. The van der Waals surface area contributed by atoms with Crippen molar-refractivity contribution in [1.82, 2.24) is 9.55 Å². The Labute approximate surface area is 153 Å². The molecule has 3 aromatic rings. The first-order valence-electron chi connectivity index (χ1n) is 8.65. The molecule has 7 heteroatoms. The van der Waals surface area contributed by atoms with E-state index < -0.39 is 23.2 Å². The molecule has 0 bridgehead atoms. The van der Waals surface area contributed by atoms with Crippen LogP contribution in [0.1, 0.15) is 36.9 Å². The fraction of sp³-hybridized carbons (Fsp3) is 0.316. The second kappa shape index (κ2) is 6.25. The van der Waals surface area contributed by atoms with E-state index in [9.17, 15) is 14.4 Å². The molecule has 2 aromatic heterocycles. The van der Waals surface area contributed by atoms with Crippen LogP contribution in [0.3, 0.4) is 0 Å². The van der Waals surface area contributed by atoms with E-state index in [0.717, 1.165) is 28.5 Å². The molecule has 6 nitrogen and oxygen atoms in total. The van der Waals surface area contributed by atoms with E-state index in [1.54, 1.807) is 0 Å². The largest absolute Gasteiger partial charge is 0.368 e. The van der Waals surface area contributed by atoms with Gasteiger partial charge in [0.1, 0.15) is 10.9 Å². The van der Waals surface area contributed by atoms with Crippen LogP contribution >= 0.6 is 11.3 Å². The molecule has 0 radical (unpaired) electrons. The zero-order valence-corrected chi connectivity index (χ0v) is 15.2. The predicted molar refractivity (Wildman–Crippen MR) is 103 cm³/mol. The highest BCUT2D eigenvalue weighted by Gasteiger charge is 2.21. The van der Waals surface area contributed by atoms with Crippen LogP contribution < -0.4 is 17.0 Å². The molecule has 0 saturated carbocycles. The number of rotatable bonds is 3. The number of nitrogens with two attached hydrogens (primary N) is 1. The van der Waals surface area contributed by atoms with Crippen molar-refractivity contribution in [1.29, 1.82) is 0 Å². The second-order valence-corrected chi connectivity index (χ2v) is 7.61. The van der Waals surface area contributed by atoms with Crippen LogP contribution in [0.5, 0.6) is 0 Å². The topological polar surface area (TPSA) is 97.9 Å². The van der Waals surface area contributed by atoms with Gasteiger partial charge >= 0.3 is 5.69 Å². The van der Waals surface area contributed by atoms with Crippen molar-refractivity contribution in [2.24, 2.45) is 5.73 Å². The standard InChI is InChI=1S/C19H19N3O3S/c1-10(16(20)23)22-18(24)15-14(9-26-17(15)21-19(22)25)13-7-6-11-4-2-3-5-12(11)8-13/h6-10H,2-5H2,1H3,(H2,20,23)(H,21,25). The minimum Gasteiger partial charge on any atom is -0.368 e. The molecule has 1 aliphatic rings. The summed E-state index contributed by atoms with van der Waals surface area (Å²) >= 11 is 1.32. The van der Waals surface area contributed by atoms with E-state index in [-0.39, 0.29) is 0 Å². The summed E-state index contributed by atoms with van der Waals surface area (Å²) in [5.41, 5.74) is 8.63. The average Bonchev–Trinajstić information content (AvgIpc) is 3.05. The van der Waals surface area contributed by atoms with Crippen molar-refractivity contribution in [2.75, 3.05) is 0 Å². The van der Waals surface area contributed by atoms with Gasteiger partial charge in [0, 0.05) is 10.9 Å². The molecule has 2 heterocycles. The van der Waals surface area contributed by atoms with Crippen LogP contribution in [0.2, 0.25) is 0 Å². The van der Waals surface area contributed by atoms with E-state index >= 15 is 0 Å². The summed E-state index contributed by atoms with van der Waals surface area (Å²) in [5, 5.41) is 2.31. The Hall–Kier alpha value is -2.67. The van der Waals surface area contributed by atoms with Crippen LogP contribution in [0.15, 0.2) is 33.2 Å². The summed E-state index contributed by atoms with van der Waals surface area (Å²) in [6.07, 6.45) is 4.53. The first-order chi connectivity index (χ1) is 12.5. The maximum absolute atomic E-state index is 13.0. The number of amides is 1. The first-order valence-corrected chi connectivity index (χ1v) is 9.53. The molecule has 1 aliphatic carbocycles. The number of benzene rings is 1. The molecule has 134 valence electrons. The monoisotopic (exact) mass is 369 g/mol. The molecule has 3 N–H and O–H groups in total. The molecule has 1 aromatic carbocycles. The van der Waals surface area contributed by atoms with Gasteiger partial charge in [-0.2, -0.15) is 0 Å². The summed E-state index contributed by atoms with van der Waals surface area (Å²) in [5.74, 6) is -0.720. The van der Waals surface area contributed by atoms with Crippen LogP contribution in [0.25, 0.3) is 21.3 Å². The lowest BCUT2D eigenvalue weighted by atomic mass is 9.89. The highest BCUT2D eigenvalue weighted by atomic mass is 32.1. The fourth-order valence-corrected chi connectivity index (χ4v) is 4.58. The molecule has 0 fully saturated rings. The second-order valence-electron chi connectivity index (χ2n) is 6.73. The molecule has 4 rings (SSSR count). The van der Waals surface area contributed by atoms with Crippen LogP contribution in [0.4, 0.5) is 0 Å². The lowest BCUT2D eigenvalue weighted by molar-refractivity contribution is -0.120. The molecule has 0 saturated heterocycles. The van der Waals surface area contributed by atoms with E-state index in [1.165, 1.54) is 42.2 Å². The number of H-pyrrole nitrogens is 1. The van der Waals surface area contributed by atoms with Crippen molar-refractivity contribution >= 4 is 27.5 Å². The Morgan fingerprint density at radius 1 is 1.23 bits per heavy atom. The zero-order valence-electron chi connectivity index (χ0n) is 14.4. The molecular weight excluding hydrogens is 350 g/mol. The van der Waals surface area contributed by atoms with Gasteiger partial charge in [0.05, 0.1) is 5.39 Å².